The molecule has 130 valence electrons. The Labute approximate surface area is 143 Å². The topological polar surface area (TPSA) is 101 Å². The van der Waals surface area contributed by atoms with E-state index in [4.69, 9.17) is 4.42 Å². The number of aromatic amines is 1. The highest BCUT2D eigenvalue weighted by Crippen LogP contribution is 2.37. The lowest BCUT2D eigenvalue weighted by Crippen LogP contribution is -2.28. The van der Waals surface area contributed by atoms with E-state index in [1.807, 2.05) is 4.52 Å². The zero-order chi connectivity index (χ0) is 16.8. The lowest BCUT2D eigenvalue weighted by molar-refractivity contribution is 0.338. The Morgan fingerprint density at radius 2 is 1.96 bits per heavy atom. The zero-order valence-corrected chi connectivity index (χ0v) is 13.9. The standard InChI is InChI=1S/C17H20N6O2/c24-14-8-13(10-4-6-18-7-5-10)23-15(20-14)12(9-19-23)17-22-21-16(25-17)11-2-1-3-11/h8-11,18H,1-7H2,(H,20,24). The van der Waals surface area contributed by atoms with E-state index in [2.05, 4.69) is 25.6 Å². The summed E-state index contributed by atoms with van der Waals surface area (Å²) in [6.45, 7) is 1.92. The van der Waals surface area contributed by atoms with Gasteiger partial charge < -0.3 is 14.7 Å². The molecule has 0 spiro atoms. The smallest absolute Gasteiger partial charge is 0.253 e. The Kier molecular flexibility index (Phi) is 3.44. The van der Waals surface area contributed by atoms with Gasteiger partial charge in [-0.05, 0) is 38.8 Å². The summed E-state index contributed by atoms with van der Waals surface area (Å²) in [7, 11) is 0. The van der Waals surface area contributed by atoms with Gasteiger partial charge in [-0.3, -0.25) is 4.79 Å². The summed E-state index contributed by atoms with van der Waals surface area (Å²) in [5, 5.41) is 16.2. The Morgan fingerprint density at radius 1 is 1.12 bits per heavy atom. The molecule has 0 atom stereocenters. The number of aromatic nitrogens is 5. The molecule has 8 nitrogen and oxygen atoms in total. The largest absolute Gasteiger partial charge is 0.420 e. The van der Waals surface area contributed by atoms with Crippen molar-refractivity contribution in [3.05, 3.63) is 34.2 Å². The molecule has 1 aliphatic heterocycles. The lowest BCUT2D eigenvalue weighted by Gasteiger charge is -2.23. The van der Waals surface area contributed by atoms with E-state index >= 15 is 0 Å². The summed E-state index contributed by atoms with van der Waals surface area (Å²) >= 11 is 0. The van der Waals surface area contributed by atoms with Crippen LogP contribution >= 0.6 is 0 Å². The molecule has 3 aromatic heterocycles. The second-order valence-electron chi connectivity index (χ2n) is 6.97. The predicted molar refractivity (Wildman–Crippen MR) is 90.5 cm³/mol. The monoisotopic (exact) mass is 340 g/mol. The van der Waals surface area contributed by atoms with Crippen molar-refractivity contribution in [1.82, 2.24) is 30.1 Å². The fourth-order valence-electron chi connectivity index (χ4n) is 3.74. The highest BCUT2D eigenvalue weighted by atomic mass is 16.4. The molecule has 1 saturated heterocycles. The Bertz CT molecular complexity index is 961. The number of H-pyrrole nitrogens is 1. The average Bonchev–Trinajstić information content (AvgIpc) is 3.20. The second kappa shape index (κ2) is 5.80. The minimum absolute atomic E-state index is 0.124. The Hall–Kier alpha value is -2.48. The van der Waals surface area contributed by atoms with Crippen molar-refractivity contribution in [2.45, 2.75) is 43.9 Å². The van der Waals surface area contributed by atoms with Crippen LogP contribution in [0.2, 0.25) is 0 Å². The van der Waals surface area contributed by atoms with E-state index in [0.29, 0.717) is 34.8 Å². The van der Waals surface area contributed by atoms with Gasteiger partial charge in [-0.15, -0.1) is 10.2 Å². The average molecular weight is 340 g/mol. The molecule has 2 aliphatic rings. The van der Waals surface area contributed by atoms with Crippen LogP contribution in [-0.4, -0.2) is 37.9 Å². The third-order valence-electron chi connectivity index (χ3n) is 5.42. The van der Waals surface area contributed by atoms with Crippen LogP contribution in [0.25, 0.3) is 17.1 Å². The van der Waals surface area contributed by atoms with Crippen molar-refractivity contribution in [2.24, 2.45) is 0 Å². The summed E-state index contributed by atoms with van der Waals surface area (Å²) in [4.78, 5) is 15.1. The zero-order valence-electron chi connectivity index (χ0n) is 13.9. The fraction of sp³-hybridized carbons (Fsp3) is 0.529. The number of fused-ring (bicyclic) bond motifs is 1. The first-order valence-corrected chi connectivity index (χ1v) is 8.95. The number of hydrogen-bond donors (Lipinski definition) is 2. The van der Waals surface area contributed by atoms with Crippen LogP contribution in [0.1, 0.15) is 55.5 Å². The minimum atomic E-state index is -0.124. The van der Waals surface area contributed by atoms with Gasteiger partial charge in [0.05, 0.1) is 11.9 Å². The third kappa shape index (κ3) is 2.48. The maximum atomic E-state index is 12.2. The van der Waals surface area contributed by atoms with Gasteiger partial charge in [-0.25, -0.2) is 4.52 Å². The van der Waals surface area contributed by atoms with Crippen LogP contribution in [0, 0.1) is 0 Å². The van der Waals surface area contributed by atoms with Crippen molar-refractivity contribution in [1.29, 1.82) is 0 Å². The van der Waals surface area contributed by atoms with Gasteiger partial charge in [0.2, 0.25) is 5.89 Å². The highest BCUT2D eigenvalue weighted by molar-refractivity contribution is 5.70. The van der Waals surface area contributed by atoms with Gasteiger partial charge in [0, 0.05) is 17.9 Å². The van der Waals surface area contributed by atoms with Gasteiger partial charge in [0.25, 0.3) is 11.4 Å². The summed E-state index contributed by atoms with van der Waals surface area (Å²) in [5.41, 5.74) is 2.14. The van der Waals surface area contributed by atoms with Gasteiger partial charge in [-0.2, -0.15) is 5.10 Å². The number of rotatable bonds is 3. The maximum absolute atomic E-state index is 12.2. The van der Waals surface area contributed by atoms with E-state index < -0.39 is 0 Å². The molecule has 0 unspecified atom stereocenters. The quantitative estimate of drug-likeness (QED) is 0.754. The van der Waals surface area contributed by atoms with E-state index in [0.717, 1.165) is 44.5 Å². The minimum Gasteiger partial charge on any atom is -0.420 e. The van der Waals surface area contributed by atoms with E-state index in [9.17, 15) is 4.79 Å². The SMILES string of the molecule is O=c1cc(C2CCNCC2)n2ncc(-c3nnc(C4CCC4)o3)c2[nH]1. The molecule has 25 heavy (non-hydrogen) atoms. The third-order valence-corrected chi connectivity index (χ3v) is 5.42. The van der Waals surface area contributed by atoms with Crippen molar-refractivity contribution < 1.29 is 4.42 Å². The van der Waals surface area contributed by atoms with Gasteiger partial charge >= 0.3 is 0 Å². The van der Waals surface area contributed by atoms with Crippen LogP contribution in [0.4, 0.5) is 0 Å². The summed E-state index contributed by atoms with van der Waals surface area (Å²) in [6.07, 6.45) is 7.13. The first-order valence-electron chi connectivity index (χ1n) is 8.95. The molecule has 0 amide bonds. The molecule has 2 fully saturated rings. The van der Waals surface area contributed by atoms with Crippen molar-refractivity contribution >= 4 is 5.65 Å². The molecule has 0 radical (unpaired) electrons. The molecular formula is C17H20N6O2. The summed E-state index contributed by atoms with van der Waals surface area (Å²) in [5.74, 6) is 1.83. The van der Waals surface area contributed by atoms with E-state index in [1.165, 1.54) is 6.42 Å². The van der Waals surface area contributed by atoms with E-state index in [1.54, 1.807) is 12.3 Å². The lowest BCUT2D eigenvalue weighted by atomic mass is 9.85. The van der Waals surface area contributed by atoms with Gasteiger partial charge in [-0.1, -0.05) is 6.42 Å². The van der Waals surface area contributed by atoms with E-state index in [-0.39, 0.29) is 5.56 Å². The first kappa shape index (κ1) is 14.8. The Morgan fingerprint density at radius 3 is 2.72 bits per heavy atom. The fourth-order valence-corrected chi connectivity index (χ4v) is 3.74. The van der Waals surface area contributed by atoms with Gasteiger partial charge in [0.1, 0.15) is 11.2 Å². The van der Waals surface area contributed by atoms with Crippen LogP contribution in [0.5, 0.6) is 0 Å². The van der Waals surface area contributed by atoms with Crippen LogP contribution < -0.4 is 10.9 Å². The number of nitrogens with zero attached hydrogens (tertiary/aromatic N) is 4. The van der Waals surface area contributed by atoms with Crippen molar-refractivity contribution in [3.8, 4) is 11.5 Å². The molecule has 8 heteroatoms. The van der Waals surface area contributed by atoms with Gasteiger partial charge in [0.15, 0.2) is 0 Å². The number of nitrogens with one attached hydrogen (secondary N) is 2. The Balaban J connectivity index is 1.59. The summed E-state index contributed by atoms with van der Waals surface area (Å²) < 4.78 is 7.68. The molecule has 1 saturated carbocycles. The molecular weight excluding hydrogens is 320 g/mol. The number of hydrogen-bond acceptors (Lipinski definition) is 6. The molecule has 2 N–H and O–H groups in total. The molecule has 0 bridgehead atoms. The normalized spacial score (nSPS) is 19.4. The van der Waals surface area contributed by atoms with Crippen LogP contribution in [-0.2, 0) is 0 Å². The van der Waals surface area contributed by atoms with Crippen molar-refractivity contribution in [3.63, 3.8) is 0 Å². The maximum Gasteiger partial charge on any atom is 0.253 e. The second-order valence-corrected chi connectivity index (χ2v) is 6.97. The molecule has 0 aromatic carbocycles. The highest BCUT2D eigenvalue weighted by Gasteiger charge is 2.27. The van der Waals surface area contributed by atoms with Crippen LogP contribution in [0.3, 0.4) is 0 Å². The molecule has 4 heterocycles. The first-order chi connectivity index (χ1) is 12.3. The molecule has 3 aromatic rings. The van der Waals surface area contributed by atoms with Crippen LogP contribution in [0.15, 0.2) is 21.5 Å². The molecule has 5 rings (SSSR count). The molecule has 1 aliphatic carbocycles. The van der Waals surface area contributed by atoms with Crippen molar-refractivity contribution in [2.75, 3.05) is 13.1 Å². The number of piperidine rings is 1. The predicted octanol–water partition coefficient (Wildman–Crippen LogP) is 1.81. The summed E-state index contributed by atoms with van der Waals surface area (Å²) in [6, 6.07) is 1.66.